The lowest BCUT2D eigenvalue weighted by Gasteiger charge is -2.29. The fraction of sp³-hybridized carbons (Fsp3) is 0.500. The number of thiophene rings is 1. The Labute approximate surface area is 241 Å². The van der Waals surface area contributed by atoms with Crippen LogP contribution in [-0.4, -0.2) is 25.0 Å². The van der Waals surface area contributed by atoms with E-state index in [1.165, 1.54) is 46.6 Å². The van der Waals surface area contributed by atoms with E-state index in [0.29, 0.717) is 12.0 Å². The summed E-state index contributed by atoms with van der Waals surface area (Å²) in [5.41, 5.74) is 6.41. The van der Waals surface area contributed by atoms with Crippen LogP contribution in [0.1, 0.15) is 98.3 Å². The Balaban J connectivity index is 0.000000631. The number of carbonyl (C=O) groups excluding carboxylic acids is 1. The van der Waals surface area contributed by atoms with Crippen molar-refractivity contribution >= 4 is 22.9 Å². The minimum Gasteiger partial charge on any atom is -0.380 e. The lowest BCUT2D eigenvalue weighted by molar-refractivity contribution is 0.0939. The van der Waals surface area contributed by atoms with E-state index in [9.17, 15) is 4.79 Å². The first-order valence-corrected chi connectivity index (χ1v) is 15.6. The molecule has 0 saturated carbocycles. The van der Waals surface area contributed by atoms with Crippen LogP contribution in [0.3, 0.4) is 0 Å². The zero-order valence-electron chi connectivity index (χ0n) is 25.1. The molecule has 1 aromatic heterocycles. The van der Waals surface area contributed by atoms with E-state index in [1.807, 2.05) is 36.5 Å². The molecule has 3 N–H and O–H groups in total. The van der Waals surface area contributed by atoms with Crippen molar-refractivity contribution in [3.8, 4) is 10.4 Å². The minimum absolute atomic E-state index is 0.0352. The highest BCUT2D eigenvalue weighted by molar-refractivity contribution is 7.15. The van der Waals surface area contributed by atoms with Crippen molar-refractivity contribution < 1.29 is 4.79 Å². The maximum atomic E-state index is 13.1. The molecule has 2 heterocycles. The Kier molecular flexibility index (Phi) is 12.1. The second kappa shape index (κ2) is 15.2. The maximum absolute atomic E-state index is 13.1. The number of carbonyl (C=O) groups is 1. The number of rotatable bonds is 11. The molecule has 0 spiro atoms. The second-order valence-corrected chi connectivity index (χ2v) is 12.5. The van der Waals surface area contributed by atoms with Crippen molar-refractivity contribution in [1.29, 1.82) is 0 Å². The summed E-state index contributed by atoms with van der Waals surface area (Å²) in [4.78, 5) is 15.9. The number of benzene rings is 2. The summed E-state index contributed by atoms with van der Waals surface area (Å²) in [6.45, 7) is 17.2. The van der Waals surface area contributed by atoms with Crippen LogP contribution in [0.25, 0.3) is 10.4 Å². The van der Waals surface area contributed by atoms with Gasteiger partial charge in [0.05, 0.1) is 12.1 Å². The van der Waals surface area contributed by atoms with Crippen molar-refractivity contribution in [2.24, 2.45) is 5.92 Å². The zero-order chi connectivity index (χ0) is 28.4. The van der Waals surface area contributed by atoms with E-state index >= 15 is 0 Å². The number of amides is 1. The fourth-order valence-electron chi connectivity index (χ4n) is 4.64. The highest BCUT2D eigenvalue weighted by atomic mass is 32.1. The molecule has 1 amide bonds. The van der Waals surface area contributed by atoms with Crippen LogP contribution in [0.5, 0.6) is 0 Å². The molecule has 212 valence electrons. The van der Waals surface area contributed by atoms with Crippen LogP contribution in [0.4, 0.5) is 5.69 Å². The summed E-state index contributed by atoms with van der Waals surface area (Å²) in [6.07, 6.45) is 6.65. The molecular weight excluding hydrogens is 498 g/mol. The summed E-state index contributed by atoms with van der Waals surface area (Å²) in [5.74, 6) is 0.617. The molecule has 1 fully saturated rings. The average Bonchev–Trinajstić information content (AvgIpc) is 3.25. The second-order valence-electron chi connectivity index (χ2n) is 11.4. The molecule has 0 bridgehead atoms. The van der Waals surface area contributed by atoms with Crippen molar-refractivity contribution in [2.75, 3.05) is 18.4 Å². The third-order valence-corrected chi connectivity index (χ3v) is 8.53. The smallest absolute Gasteiger partial charge is 0.252 e. The van der Waals surface area contributed by atoms with Gasteiger partial charge < -0.3 is 16.0 Å². The highest BCUT2D eigenvalue weighted by Crippen LogP contribution is 2.34. The highest BCUT2D eigenvalue weighted by Gasteiger charge is 2.19. The first-order valence-electron chi connectivity index (χ1n) is 14.8. The van der Waals surface area contributed by atoms with Gasteiger partial charge >= 0.3 is 0 Å². The number of nitrogens with one attached hydrogen (secondary N) is 3. The first-order chi connectivity index (χ1) is 18.7. The summed E-state index contributed by atoms with van der Waals surface area (Å²) >= 11 is 1.89. The Hall–Kier alpha value is -2.63. The predicted octanol–water partition coefficient (Wildman–Crippen LogP) is 8.69. The van der Waals surface area contributed by atoms with Gasteiger partial charge in [-0.05, 0) is 79.6 Å². The standard InChI is InChI=1S/C28H35N3OS.C6H14/c1-17(2)11-26-19(4)12-27(33-26)22-8-6-7-21(13-22)20(5)30-28(32)25-14-23(10-9-18(25)3)31-24-15-29-16-24;1-3-5-6-4-2/h6-10,12-14,17,20,24,29,31H,11,15-16H2,1-5H3,(H,30,32);3-6H2,1-2H3. The summed E-state index contributed by atoms with van der Waals surface area (Å²) < 4.78 is 0. The molecule has 2 aromatic carbocycles. The van der Waals surface area contributed by atoms with Crippen molar-refractivity contribution in [3.63, 3.8) is 0 Å². The summed E-state index contributed by atoms with van der Waals surface area (Å²) in [5, 5.41) is 9.96. The van der Waals surface area contributed by atoms with E-state index < -0.39 is 0 Å². The molecule has 0 aliphatic carbocycles. The quantitative estimate of drug-likeness (QED) is 0.210. The van der Waals surface area contributed by atoms with E-state index in [0.717, 1.165) is 41.9 Å². The molecule has 4 rings (SSSR count). The molecule has 0 radical (unpaired) electrons. The van der Waals surface area contributed by atoms with Gasteiger partial charge in [-0.3, -0.25) is 4.79 Å². The third kappa shape index (κ3) is 9.22. The van der Waals surface area contributed by atoms with Crippen LogP contribution in [0.2, 0.25) is 0 Å². The Morgan fingerprint density at radius 1 is 0.974 bits per heavy atom. The Morgan fingerprint density at radius 2 is 1.69 bits per heavy atom. The van der Waals surface area contributed by atoms with E-state index in [2.05, 4.69) is 87.8 Å². The normalized spacial score (nSPS) is 13.8. The van der Waals surface area contributed by atoms with Gasteiger partial charge in [0.15, 0.2) is 0 Å². The summed E-state index contributed by atoms with van der Waals surface area (Å²) in [6, 6.07) is 17.2. The van der Waals surface area contributed by atoms with E-state index in [1.54, 1.807) is 0 Å². The molecule has 1 aliphatic rings. The Bertz CT molecular complexity index is 1190. The molecule has 4 nitrogen and oxygen atoms in total. The van der Waals surface area contributed by atoms with E-state index in [-0.39, 0.29) is 11.9 Å². The first kappa shape index (κ1) is 30.9. The largest absolute Gasteiger partial charge is 0.380 e. The van der Waals surface area contributed by atoms with Gasteiger partial charge in [0.25, 0.3) is 5.91 Å². The lowest BCUT2D eigenvalue weighted by atomic mass is 10.0. The van der Waals surface area contributed by atoms with Crippen LogP contribution in [-0.2, 0) is 6.42 Å². The van der Waals surface area contributed by atoms with Gasteiger partial charge in [-0.1, -0.05) is 77.6 Å². The van der Waals surface area contributed by atoms with Crippen molar-refractivity contribution in [3.05, 3.63) is 75.7 Å². The van der Waals surface area contributed by atoms with Crippen LogP contribution < -0.4 is 16.0 Å². The molecule has 5 heteroatoms. The monoisotopic (exact) mass is 547 g/mol. The zero-order valence-corrected chi connectivity index (χ0v) is 25.9. The van der Waals surface area contributed by atoms with Gasteiger partial charge in [0.2, 0.25) is 0 Å². The molecule has 1 unspecified atom stereocenters. The van der Waals surface area contributed by atoms with Crippen molar-refractivity contribution in [2.45, 2.75) is 92.7 Å². The van der Waals surface area contributed by atoms with Crippen LogP contribution in [0, 0.1) is 19.8 Å². The average molecular weight is 548 g/mol. The molecular formula is C34H49N3OS. The van der Waals surface area contributed by atoms with E-state index in [4.69, 9.17) is 0 Å². The van der Waals surface area contributed by atoms with Gasteiger partial charge in [0.1, 0.15) is 0 Å². The number of unbranched alkanes of at least 4 members (excludes halogenated alkanes) is 3. The summed E-state index contributed by atoms with van der Waals surface area (Å²) in [7, 11) is 0. The van der Waals surface area contributed by atoms with Crippen LogP contribution >= 0.6 is 11.3 Å². The Morgan fingerprint density at radius 3 is 2.31 bits per heavy atom. The SMILES string of the molecule is CCCCCC.Cc1ccc(NC2CNC2)cc1C(=O)NC(C)c1cccc(-c2cc(C)c(CC(C)C)s2)c1. The topological polar surface area (TPSA) is 53.2 Å². The van der Waals surface area contributed by atoms with Crippen LogP contribution in [0.15, 0.2) is 48.5 Å². The maximum Gasteiger partial charge on any atom is 0.252 e. The van der Waals surface area contributed by atoms with Gasteiger partial charge in [-0.15, -0.1) is 11.3 Å². The van der Waals surface area contributed by atoms with Gasteiger partial charge in [-0.2, -0.15) is 0 Å². The molecule has 39 heavy (non-hydrogen) atoms. The number of anilines is 1. The molecule has 1 atom stereocenters. The number of hydrogen-bond donors (Lipinski definition) is 3. The van der Waals surface area contributed by atoms with Gasteiger partial charge in [0, 0.05) is 34.1 Å². The molecule has 1 saturated heterocycles. The van der Waals surface area contributed by atoms with Crippen molar-refractivity contribution in [1.82, 2.24) is 10.6 Å². The molecule has 1 aliphatic heterocycles. The number of aryl methyl sites for hydroxylation is 2. The predicted molar refractivity (Wildman–Crippen MR) is 170 cm³/mol. The minimum atomic E-state index is -0.0829. The van der Waals surface area contributed by atoms with Gasteiger partial charge in [-0.25, -0.2) is 0 Å². The molecule has 3 aromatic rings. The third-order valence-electron chi connectivity index (χ3n) is 7.22. The fourth-order valence-corrected chi connectivity index (χ4v) is 6.02. The number of hydrogen-bond acceptors (Lipinski definition) is 4. The lowest BCUT2D eigenvalue weighted by Crippen LogP contribution is -2.51.